The molecule has 0 aliphatic heterocycles. The summed E-state index contributed by atoms with van der Waals surface area (Å²) >= 11 is 0. The summed E-state index contributed by atoms with van der Waals surface area (Å²) in [5.74, 6) is 1.43. The van der Waals surface area contributed by atoms with Crippen LogP contribution in [0.2, 0.25) is 0 Å². The summed E-state index contributed by atoms with van der Waals surface area (Å²) in [6.45, 7) is 1.89. The van der Waals surface area contributed by atoms with Gasteiger partial charge in [-0.25, -0.2) is 0 Å². The second-order valence-electron chi connectivity index (χ2n) is 5.50. The standard InChI is InChI=1S/C16H25NO3/c17-9-13-5-7-16(8-6-13)20-12-15(18)11-19-10-14-3-1-2-4-14/h5-8,14-15,18H,1-4,9-12,17H2. The van der Waals surface area contributed by atoms with E-state index in [-0.39, 0.29) is 6.61 Å². The first-order valence-electron chi connectivity index (χ1n) is 7.45. The number of aliphatic hydroxyl groups is 1. The van der Waals surface area contributed by atoms with Gasteiger partial charge in [-0.3, -0.25) is 0 Å². The molecule has 1 unspecified atom stereocenters. The largest absolute Gasteiger partial charge is 0.491 e. The van der Waals surface area contributed by atoms with E-state index >= 15 is 0 Å². The van der Waals surface area contributed by atoms with Crippen molar-refractivity contribution in [3.05, 3.63) is 29.8 Å². The van der Waals surface area contributed by atoms with Gasteiger partial charge in [0.15, 0.2) is 0 Å². The Labute approximate surface area is 120 Å². The molecule has 3 N–H and O–H groups in total. The third-order valence-electron chi connectivity index (χ3n) is 3.74. The smallest absolute Gasteiger partial charge is 0.119 e. The number of hydrogen-bond acceptors (Lipinski definition) is 4. The van der Waals surface area contributed by atoms with Crippen LogP contribution in [-0.2, 0) is 11.3 Å². The molecule has 1 atom stereocenters. The van der Waals surface area contributed by atoms with Gasteiger partial charge in [0.05, 0.1) is 6.61 Å². The number of aliphatic hydroxyl groups excluding tert-OH is 1. The highest BCUT2D eigenvalue weighted by atomic mass is 16.5. The van der Waals surface area contributed by atoms with Crippen molar-refractivity contribution in [1.82, 2.24) is 0 Å². The fourth-order valence-electron chi connectivity index (χ4n) is 2.51. The molecule has 1 aromatic rings. The monoisotopic (exact) mass is 279 g/mol. The topological polar surface area (TPSA) is 64.7 Å². The Kier molecular flexibility index (Phi) is 6.30. The first-order valence-corrected chi connectivity index (χ1v) is 7.45. The predicted molar refractivity (Wildman–Crippen MR) is 78.6 cm³/mol. The van der Waals surface area contributed by atoms with Gasteiger partial charge >= 0.3 is 0 Å². The van der Waals surface area contributed by atoms with Crippen LogP contribution in [0, 0.1) is 5.92 Å². The second-order valence-corrected chi connectivity index (χ2v) is 5.50. The summed E-state index contributed by atoms with van der Waals surface area (Å²) < 4.78 is 11.1. The zero-order chi connectivity index (χ0) is 14.2. The molecule has 0 amide bonds. The van der Waals surface area contributed by atoms with Gasteiger partial charge in [0.25, 0.3) is 0 Å². The highest BCUT2D eigenvalue weighted by Crippen LogP contribution is 2.24. The number of ether oxygens (including phenoxy) is 2. The highest BCUT2D eigenvalue weighted by molar-refractivity contribution is 5.27. The molecule has 1 aromatic carbocycles. The maximum atomic E-state index is 9.82. The van der Waals surface area contributed by atoms with Gasteiger partial charge in [-0.2, -0.15) is 0 Å². The van der Waals surface area contributed by atoms with Crippen LogP contribution in [0.1, 0.15) is 31.2 Å². The summed E-state index contributed by atoms with van der Waals surface area (Å²) in [4.78, 5) is 0. The van der Waals surface area contributed by atoms with E-state index in [2.05, 4.69) is 0 Å². The van der Waals surface area contributed by atoms with Crippen molar-refractivity contribution in [3.63, 3.8) is 0 Å². The van der Waals surface area contributed by atoms with Gasteiger partial charge in [-0.15, -0.1) is 0 Å². The van der Waals surface area contributed by atoms with E-state index in [1.807, 2.05) is 24.3 Å². The Balaban J connectivity index is 1.59. The maximum absolute atomic E-state index is 9.82. The molecule has 0 radical (unpaired) electrons. The lowest BCUT2D eigenvalue weighted by atomic mass is 10.1. The molecule has 1 fully saturated rings. The Hall–Kier alpha value is -1.10. The molecule has 0 heterocycles. The summed E-state index contributed by atoms with van der Waals surface area (Å²) in [6, 6.07) is 7.60. The van der Waals surface area contributed by atoms with Crippen molar-refractivity contribution in [2.45, 2.75) is 38.3 Å². The minimum Gasteiger partial charge on any atom is -0.491 e. The first-order chi connectivity index (χ1) is 9.78. The van der Waals surface area contributed by atoms with E-state index in [9.17, 15) is 5.11 Å². The fraction of sp³-hybridized carbons (Fsp3) is 0.625. The van der Waals surface area contributed by atoms with Crippen LogP contribution in [0.25, 0.3) is 0 Å². The number of rotatable bonds is 8. The average molecular weight is 279 g/mol. The SMILES string of the molecule is NCc1ccc(OCC(O)COCC2CCCC2)cc1. The molecule has 4 nitrogen and oxygen atoms in total. The Morgan fingerprint density at radius 2 is 1.85 bits per heavy atom. The fourth-order valence-corrected chi connectivity index (χ4v) is 2.51. The molecule has 20 heavy (non-hydrogen) atoms. The van der Waals surface area contributed by atoms with E-state index in [0.29, 0.717) is 19.1 Å². The van der Waals surface area contributed by atoms with Crippen LogP contribution in [0.3, 0.4) is 0 Å². The first kappa shape index (κ1) is 15.3. The van der Waals surface area contributed by atoms with E-state index in [1.54, 1.807) is 0 Å². The van der Waals surface area contributed by atoms with Crippen molar-refractivity contribution >= 4 is 0 Å². The molecule has 4 heteroatoms. The lowest BCUT2D eigenvalue weighted by Crippen LogP contribution is -2.24. The highest BCUT2D eigenvalue weighted by Gasteiger charge is 2.15. The van der Waals surface area contributed by atoms with E-state index in [0.717, 1.165) is 17.9 Å². The van der Waals surface area contributed by atoms with Gasteiger partial charge in [0, 0.05) is 13.2 Å². The lowest BCUT2D eigenvalue weighted by molar-refractivity contribution is 0.00114. The van der Waals surface area contributed by atoms with Crippen molar-refractivity contribution < 1.29 is 14.6 Å². The number of benzene rings is 1. The molecule has 1 aliphatic rings. The summed E-state index contributed by atoms with van der Waals surface area (Å²) in [5.41, 5.74) is 6.60. The maximum Gasteiger partial charge on any atom is 0.119 e. The third kappa shape index (κ3) is 5.12. The van der Waals surface area contributed by atoms with E-state index < -0.39 is 6.10 Å². The summed E-state index contributed by atoms with van der Waals surface area (Å²) in [6.07, 6.45) is 4.59. The van der Waals surface area contributed by atoms with Gasteiger partial charge in [-0.05, 0) is 36.5 Å². The Bertz CT molecular complexity index is 374. The minimum atomic E-state index is -0.578. The van der Waals surface area contributed by atoms with E-state index in [4.69, 9.17) is 15.2 Å². The second kappa shape index (κ2) is 8.25. The molecule has 0 aromatic heterocycles. The third-order valence-corrected chi connectivity index (χ3v) is 3.74. The molecular weight excluding hydrogens is 254 g/mol. The average Bonchev–Trinajstić information content (AvgIpc) is 2.99. The van der Waals surface area contributed by atoms with Crippen LogP contribution in [0.5, 0.6) is 5.75 Å². The van der Waals surface area contributed by atoms with Gasteiger partial charge < -0.3 is 20.3 Å². The van der Waals surface area contributed by atoms with Crippen molar-refractivity contribution in [2.75, 3.05) is 19.8 Å². The Morgan fingerprint density at radius 1 is 1.15 bits per heavy atom. The molecule has 1 aliphatic carbocycles. The molecular formula is C16H25NO3. The van der Waals surface area contributed by atoms with Crippen LogP contribution in [0.15, 0.2) is 24.3 Å². The summed E-state index contributed by atoms with van der Waals surface area (Å²) in [7, 11) is 0. The quantitative estimate of drug-likeness (QED) is 0.765. The van der Waals surface area contributed by atoms with Crippen molar-refractivity contribution in [2.24, 2.45) is 11.7 Å². The van der Waals surface area contributed by atoms with Crippen LogP contribution < -0.4 is 10.5 Å². The van der Waals surface area contributed by atoms with Crippen LogP contribution >= 0.6 is 0 Å². The molecule has 0 saturated heterocycles. The molecule has 1 saturated carbocycles. The van der Waals surface area contributed by atoms with Gasteiger partial charge in [0.1, 0.15) is 18.5 Å². The summed E-state index contributed by atoms with van der Waals surface area (Å²) in [5, 5.41) is 9.82. The van der Waals surface area contributed by atoms with Crippen molar-refractivity contribution in [1.29, 1.82) is 0 Å². The molecule has 0 bridgehead atoms. The van der Waals surface area contributed by atoms with Crippen molar-refractivity contribution in [3.8, 4) is 5.75 Å². The lowest BCUT2D eigenvalue weighted by Gasteiger charge is -2.15. The zero-order valence-electron chi connectivity index (χ0n) is 12.0. The zero-order valence-corrected chi connectivity index (χ0v) is 12.0. The normalized spacial score (nSPS) is 17.3. The predicted octanol–water partition coefficient (Wildman–Crippen LogP) is 2.09. The van der Waals surface area contributed by atoms with Gasteiger partial charge in [0.2, 0.25) is 0 Å². The molecule has 0 spiro atoms. The van der Waals surface area contributed by atoms with Crippen LogP contribution in [0.4, 0.5) is 0 Å². The van der Waals surface area contributed by atoms with Crippen LogP contribution in [-0.4, -0.2) is 31.0 Å². The number of hydrogen-bond donors (Lipinski definition) is 2. The molecule has 112 valence electrons. The van der Waals surface area contributed by atoms with Gasteiger partial charge in [-0.1, -0.05) is 25.0 Å². The minimum absolute atomic E-state index is 0.257. The molecule has 2 rings (SSSR count). The Morgan fingerprint density at radius 3 is 2.50 bits per heavy atom. The number of nitrogens with two attached hydrogens (primary N) is 1. The van der Waals surface area contributed by atoms with E-state index in [1.165, 1.54) is 25.7 Å².